The molecule has 0 saturated heterocycles. The SMILES string of the molecule is CCCCCC1CC[C@@H]2C[C@H](c3cc(F)c(-c4ccc(OC(F)(F)F)c(F)c4)c(F)c3)CC[C@@H]2C1. The quantitative estimate of drug-likeness (QED) is 0.273. The number of rotatable bonds is 7. The molecule has 192 valence electrons. The van der Waals surface area contributed by atoms with Crippen molar-refractivity contribution >= 4 is 0 Å². The number of alkyl halides is 3. The lowest BCUT2D eigenvalue weighted by Gasteiger charge is -2.42. The number of hydrogen-bond donors (Lipinski definition) is 0. The van der Waals surface area contributed by atoms with Crippen molar-refractivity contribution in [3.8, 4) is 16.9 Å². The highest BCUT2D eigenvalue weighted by Crippen LogP contribution is 2.49. The molecule has 2 aromatic rings. The molecule has 2 saturated carbocycles. The van der Waals surface area contributed by atoms with Gasteiger partial charge in [-0.05, 0) is 91.2 Å². The van der Waals surface area contributed by atoms with Gasteiger partial charge in [0.15, 0.2) is 11.6 Å². The van der Waals surface area contributed by atoms with Crippen LogP contribution in [0.15, 0.2) is 30.3 Å². The molecule has 0 heterocycles. The second-order valence-corrected chi connectivity index (χ2v) is 10.3. The van der Waals surface area contributed by atoms with Crippen LogP contribution >= 0.6 is 0 Å². The Labute approximate surface area is 202 Å². The molecule has 2 aromatic carbocycles. The summed E-state index contributed by atoms with van der Waals surface area (Å²) in [5, 5.41) is 0. The minimum Gasteiger partial charge on any atom is -0.403 e. The molecule has 1 unspecified atom stereocenters. The highest BCUT2D eigenvalue weighted by molar-refractivity contribution is 5.66. The average Bonchev–Trinajstić information content (AvgIpc) is 2.79. The number of unbranched alkanes of at least 4 members (excludes halogenated alkanes) is 2. The van der Waals surface area contributed by atoms with Gasteiger partial charge in [-0.2, -0.15) is 0 Å². The van der Waals surface area contributed by atoms with Crippen LogP contribution in [0.2, 0.25) is 0 Å². The lowest BCUT2D eigenvalue weighted by Crippen LogP contribution is -2.30. The molecule has 1 nitrogen and oxygen atoms in total. The number of hydrogen-bond acceptors (Lipinski definition) is 1. The summed E-state index contributed by atoms with van der Waals surface area (Å²) in [6.07, 6.45) is 6.62. The summed E-state index contributed by atoms with van der Waals surface area (Å²) in [6, 6.07) is 5.02. The van der Waals surface area contributed by atoms with E-state index in [9.17, 15) is 17.6 Å². The van der Waals surface area contributed by atoms with Gasteiger partial charge in [-0.3, -0.25) is 0 Å². The Hall–Kier alpha value is -2.18. The molecule has 0 radical (unpaired) electrons. The van der Waals surface area contributed by atoms with Crippen molar-refractivity contribution in [1.82, 2.24) is 0 Å². The number of benzene rings is 2. The van der Waals surface area contributed by atoms with Crippen molar-refractivity contribution < 1.29 is 31.1 Å². The van der Waals surface area contributed by atoms with E-state index < -0.39 is 35.1 Å². The van der Waals surface area contributed by atoms with Gasteiger partial charge >= 0.3 is 6.36 Å². The summed E-state index contributed by atoms with van der Waals surface area (Å²) in [4.78, 5) is 0. The van der Waals surface area contributed by atoms with Crippen molar-refractivity contribution in [3.05, 3.63) is 53.3 Å². The van der Waals surface area contributed by atoms with E-state index >= 15 is 8.78 Å². The zero-order valence-corrected chi connectivity index (χ0v) is 19.9. The van der Waals surface area contributed by atoms with Gasteiger partial charge in [-0.25, -0.2) is 13.2 Å². The maximum atomic E-state index is 15.0. The molecule has 0 amide bonds. The smallest absolute Gasteiger partial charge is 0.403 e. The largest absolute Gasteiger partial charge is 0.573 e. The lowest BCUT2D eigenvalue weighted by atomic mass is 9.63. The van der Waals surface area contributed by atoms with E-state index in [1.807, 2.05) is 0 Å². The van der Waals surface area contributed by atoms with Crippen LogP contribution in [0.25, 0.3) is 11.1 Å². The molecule has 0 spiro atoms. The number of ether oxygens (including phenoxy) is 1. The van der Waals surface area contributed by atoms with Crippen molar-refractivity contribution in [1.29, 1.82) is 0 Å². The first-order valence-corrected chi connectivity index (χ1v) is 12.7. The Kier molecular flexibility index (Phi) is 8.02. The molecular formula is C28H32F6O. The monoisotopic (exact) mass is 498 g/mol. The summed E-state index contributed by atoms with van der Waals surface area (Å²) >= 11 is 0. The molecule has 2 aliphatic carbocycles. The Morgan fingerprint density at radius 1 is 0.829 bits per heavy atom. The highest BCUT2D eigenvalue weighted by Gasteiger charge is 2.36. The zero-order valence-electron chi connectivity index (χ0n) is 19.9. The lowest BCUT2D eigenvalue weighted by molar-refractivity contribution is -0.275. The van der Waals surface area contributed by atoms with Crippen LogP contribution in [-0.2, 0) is 0 Å². The van der Waals surface area contributed by atoms with Gasteiger partial charge in [-0.1, -0.05) is 45.1 Å². The molecule has 2 fully saturated rings. The van der Waals surface area contributed by atoms with E-state index in [2.05, 4.69) is 11.7 Å². The van der Waals surface area contributed by atoms with Gasteiger partial charge in [0.25, 0.3) is 0 Å². The average molecular weight is 499 g/mol. The van der Waals surface area contributed by atoms with Crippen LogP contribution in [0.4, 0.5) is 26.3 Å². The van der Waals surface area contributed by atoms with Crippen LogP contribution in [0.3, 0.4) is 0 Å². The maximum Gasteiger partial charge on any atom is 0.573 e. The molecule has 7 heteroatoms. The Bertz CT molecular complexity index is 994. The Morgan fingerprint density at radius 2 is 1.51 bits per heavy atom. The van der Waals surface area contributed by atoms with E-state index in [0.717, 1.165) is 37.3 Å². The molecular weight excluding hydrogens is 466 g/mol. The highest BCUT2D eigenvalue weighted by atomic mass is 19.4. The molecule has 35 heavy (non-hydrogen) atoms. The van der Waals surface area contributed by atoms with Crippen LogP contribution < -0.4 is 4.74 Å². The normalized spacial score (nSPS) is 24.8. The third-order valence-electron chi connectivity index (χ3n) is 7.92. The summed E-state index contributed by atoms with van der Waals surface area (Å²) in [6.45, 7) is 2.22. The predicted molar refractivity (Wildman–Crippen MR) is 123 cm³/mol. The molecule has 0 bridgehead atoms. The molecule has 0 aliphatic heterocycles. The second-order valence-electron chi connectivity index (χ2n) is 10.3. The van der Waals surface area contributed by atoms with Crippen molar-refractivity contribution in [3.63, 3.8) is 0 Å². The van der Waals surface area contributed by atoms with E-state index in [1.54, 1.807) is 0 Å². The van der Waals surface area contributed by atoms with Crippen LogP contribution in [0, 0.1) is 35.2 Å². The Balaban J connectivity index is 1.45. The summed E-state index contributed by atoms with van der Waals surface area (Å²) in [7, 11) is 0. The van der Waals surface area contributed by atoms with Gasteiger partial charge in [0.1, 0.15) is 11.6 Å². The molecule has 2 aliphatic rings. The number of halogens is 6. The van der Waals surface area contributed by atoms with Crippen molar-refractivity contribution in [2.75, 3.05) is 0 Å². The third-order valence-corrected chi connectivity index (χ3v) is 7.92. The summed E-state index contributed by atoms with van der Waals surface area (Å²) in [5.41, 5.74) is -0.0269. The minimum absolute atomic E-state index is 0.0743. The summed E-state index contributed by atoms with van der Waals surface area (Å²) < 4.78 is 84.8. The van der Waals surface area contributed by atoms with Gasteiger partial charge in [0.05, 0.1) is 5.56 Å². The molecule has 4 atom stereocenters. The Morgan fingerprint density at radius 3 is 2.17 bits per heavy atom. The molecule has 0 aromatic heterocycles. The zero-order chi connectivity index (χ0) is 25.2. The van der Waals surface area contributed by atoms with Crippen LogP contribution in [-0.4, -0.2) is 6.36 Å². The fraction of sp³-hybridized carbons (Fsp3) is 0.571. The van der Waals surface area contributed by atoms with E-state index in [4.69, 9.17) is 0 Å². The molecule has 4 rings (SSSR count). The number of fused-ring (bicyclic) bond motifs is 1. The van der Waals surface area contributed by atoms with Crippen molar-refractivity contribution in [2.45, 2.75) is 83.4 Å². The standard InChI is InChI=1S/C28H32F6O/c1-2-3-4-5-17-6-7-19-13-20(9-8-18(19)12-17)22-15-24(30)27(25(31)16-22)21-10-11-26(23(29)14-21)35-28(32,33)34/h10-11,14-20H,2-9,12-13H2,1H3/t17?,18-,19-,20-/m1/s1. The fourth-order valence-electron chi connectivity index (χ4n) is 6.20. The summed E-state index contributed by atoms with van der Waals surface area (Å²) in [5.74, 6) is -1.91. The van der Waals surface area contributed by atoms with Gasteiger partial charge in [0.2, 0.25) is 0 Å². The van der Waals surface area contributed by atoms with E-state index in [1.165, 1.54) is 57.1 Å². The van der Waals surface area contributed by atoms with E-state index in [0.29, 0.717) is 23.5 Å². The van der Waals surface area contributed by atoms with Crippen molar-refractivity contribution in [2.24, 2.45) is 17.8 Å². The first kappa shape index (κ1) is 25.9. The van der Waals surface area contributed by atoms with Gasteiger partial charge in [-0.15, -0.1) is 13.2 Å². The maximum absolute atomic E-state index is 15.0. The first-order chi connectivity index (χ1) is 16.6. The second kappa shape index (κ2) is 10.8. The van der Waals surface area contributed by atoms with Crippen LogP contribution in [0.1, 0.15) is 82.6 Å². The molecule has 0 N–H and O–H groups in total. The van der Waals surface area contributed by atoms with Gasteiger partial charge in [0, 0.05) is 0 Å². The topological polar surface area (TPSA) is 9.23 Å². The van der Waals surface area contributed by atoms with E-state index in [-0.39, 0.29) is 11.5 Å². The van der Waals surface area contributed by atoms with Crippen LogP contribution in [0.5, 0.6) is 5.75 Å². The third kappa shape index (κ3) is 6.34. The predicted octanol–water partition coefficient (Wildman–Crippen LogP) is 9.55. The van der Waals surface area contributed by atoms with Gasteiger partial charge < -0.3 is 4.74 Å². The minimum atomic E-state index is -5.06. The fourth-order valence-corrected chi connectivity index (χ4v) is 6.20. The first-order valence-electron chi connectivity index (χ1n) is 12.7.